The van der Waals surface area contributed by atoms with Gasteiger partial charge in [0.2, 0.25) is 0 Å². The summed E-state index contributed by atoms with van der Waals surface area (Å²) in [5.74, 6) is -0.196. The van der Waals surface area contributed by atoms with Crippen LogP contribution in [0.4, 0.5) is 0 Å². The Morgan fingerprint density at radius 1 is 1.33 bits per heavy atom. The first-order valence-corrected chi connectivity index (χ1v) is 8.19. The van der Waals surface area contributed by atoms with Gasteiger partial charge in [0.1, 0.15) is 0 Å². The fraction of sp³-hybridized carbons (Fsp3) is 0.400. The summed E-state index contributed by atoms with van der Waals surface area (Å²) in [5.41, 5.74) is 0. The Kier molecular flexibility index (Phi) is 5.03. The van der Waals surface area contributed by atoms with Gasteiger partial charge in [0.05, 0.1) is 0 Å². The summed E-state index contributed by atoms with van der Waals surface area (Å²) in [7, 11) is 0. The Hall–Kier alpha value is -1.05. The Balaban J connectivity index is 1.93. The van der Waals surface area contributed by atoms with Crippen molar-refractivity contribution in [2.45, 2.75) is 37.1 Å². The van der Waals surface area contributed by atoms with Crippen molar-refractivity contribution in [3.8, 4) is 0 Å². The van der Waals surface area contributed by atoms with Gasteiger partial charge in [-0.25, -0.2) is 0 Å². The fourth-order valence-corrected chi connectivity index (χ4v) is 4.87. The number of carbonyl (C=O) groups excluding carboxylic acids is 1. The number of ether oxygens (including phenoxy) is 1. The molecule has 0 aromatic heterocycles. The molecular weight excluding hydrogens is 291 g/mol. The molecule has 0 saturated heterocycles. The van der Waals surface area contributed by atoms with Crippen LogP contribution in [0.25, 0.3) is 0 Å². The van der Waals surface area contributed by atoms with E-state index in [1.807, 2.05) is 13.0 Å². The third-order valence-electron chi connectivity index (χ3n) is 2.99. The molecule has 1 aromatic rings. The average molecular weight is 309 g/mol. The molecule has 96 valence electrons. The SMILES string of the molecule is C/C=C/C(=O)O[C@H]1CCC[C@@H]1[Se]c1ccccc1. The molecule has 0 spiro atoms. The van der Waals surface area contributed by atoms with Crippen LogP contribution in [0, 0.1) is 0 Å². The molecule has 0 unspecified atom stereocenters. The van der Waals surface area contributed by atoms with E-state index in [2.05, 4.69) is 24.3 Å². The van der Waals surface area contributed by atoms with Crippen molar-refractivity contribution in [3.63, 3.8) is 0 Å². The summed E-state index contributed by atoms with van der Waals surface area (Å²) < 4.78 is 6.92. The van der Waals surface area contributed by atoms with Crippen molar-refractivity contribution in [1.82, 2.24) is 0 Å². The van der Waals surface area contributed by atoms with Crippen molar-refractivity contribution in [3.05, 3.63) is 42.5 Å². The number of hydrogen-bond acceptors (Lipinski definition) is 2. The topological polar surface area (TPSA) is 26.3 Å². The number of esters is 1. The molecule has 0 bridgehead atoms. The molecule has 1 aliphatic carbocycles. The first-order valence-electron chi connectivity index (χ1n) is 6.34. The van der Waals surface area contributed by atoms with Crippen LogP contribution in [-0.2, 0) is 9.53 Å². The summed E-state index contributed by atoms with van der Waals surface area (Å²) in [5, 5.41) is 0. The second kappa shape index (κ2) is 6.77. The van der Waals surface area contributed by atoms with Gasteiger partial charge in [-0.05, 0) is 0 Å². The fourth-order valence-electron chi connectivity index (χ4n) is 2.16. The second-order valence-electron chi connectivity index (χ2n) is 4.38. The van der Waals surface area contributed by atoms with Gasteiger partial charge in [-0.2, -0.15) is 0 Å². The normalized spacial score (nSPS) is 23.4. The number of allylic oxidation sites excluding steroid dienone is 1. The molecule has 3 heteroatoms. The van der Waals surface area contributed by atoms with Gasteiger partial charge in [-0.1, -0.05) is 0 Å². The van der Waals surface area contributed by atoms with Gasteiger partial charge in [0, 0.05) is 0 Å². The van der Waals surface area contributed by atoms with E-state index in [-0.39, 0.29) is 12.1 Å². The molecule has 1 aromatic carbocycles. The zero-order valence-corrected chi connectivity index (χ0v) is 12.3. The van der Waals surface area contributed by atoms with Crippen LogP contribution >= 0.6 is 0 Å². The predicted octanol–water partition coefficient (Wildman–Crippen LogP) is 2.48. The van der Waals surface area contributed by atoms with Crippen molar-refractivity contribution < 1.29 is 9.53 Å². The van der Waals surface area contributed by atoms with Crippen LogP contribution in [0.2, 0.25) is 4.82 Å². The van der Waals surface area contributed by atoms with Crippen LogP contribution in [0.1, 0.15) is 26.2 Å². The predicted molar refractivity (Wildman–Crippen MR) is 74.1 cm³/mol. The van der Waals surface area contributed by atoms with E-state index in [4.69, 9.17) is 4.74 Å². The number of carbonyl (C=O) groups is 1. The molecule has 1 fully saturated rings. The molecule has 1 saturated carbocycles. The Labute approximate surface area is 115 Å². The van der Waals surface area contributed by atoms with Crippen LogP contribution in [0.3, 0.4) is 0 Å². The molecule has 2 atom stereocenters. The molecule has 18 heavy (non-hydrogen) atoms. The monoisotopic (exact) mass is 310 g/mol. The summed E-state index contributed by atoms with van der Waals surface area (Å²) in [6.45, 7) is 1.83. The van der Waals surface area contributed by atoms with Crippen LogP contribution < -0.4 is 4.46 Å². The van der Waals surface area contributed by atoms with E-state index in [1.54, 1.807) is 6.08 Å². The quantitative estimate of drug-likeness (QED) is 0.485. The zero-order valence-electron chi connectivity index (χ0n) is 10.5. The zero-order chi connectivity index (χ0) is 12.8. The maximum absolute atomic E-state index is 11.5. The van der Waals surface area contributed by atoms with E-state index in [0.717, 1.165) is 6.42 Å². The van der Waals surface area contributed by atoms with E-state index >= 15 is 0 Å². The molecule has 0 heterocycles. The first kappa shape index (κ1) is 13.4. The van der Waals surface area contributed by atoms with Gasteiger partial charge < -0.3 is 0 Å². The minimum absolute atomic E-state index is 0.119. The van der Waals surface area contributed by atoms with Crippen molar-refractivity contribution in [1.29, 1.82) is 0 Å². The third-order valence-corrected chi connectivity index (χ3v) is 5.90. The van der Waals surface area contributed by atoms with Crippen LogP contribution in [0.15, 0.2) is 42.5 Å². The van der Waals surface area contributed by atoms with E-state index in [9.17, 15) is 4.79 Å². The van der Waals surface area contributed by atoms with Gasteiger partial charge in [-0.15, -0.1) is 0 Å². The minimum atomic E-state index is -0.196. The summed E-state index contributed by atoms with van der Waals surface area (Å²) in [6, 6.07) is 10.5. The summed E-state index contributed by atoms with van der Waals surface area (Å²) >= 11 is 0.401. The summed E-state index contributed by atoms with van der Waals surface area (Å²) in [4.78, 5) is 12.0. The Morgan fingerprint density at radius 2 is 2.11 bits per heavy atom. The molecular formula is C15H18O2Se. The Morgan fingerprint density at radius 3 is 2.83 bits per heavy atom. The van der Waals surface area contributed by atoms with Gasteiger partial charge in [0.25, 0.3) is 0 Å². The second-order valence-corrected chi connectivity index (χ2v) is 7.13. The summed E-state index contributed by atoms with van der Waals surface area (Å²) in [6.07, 6.45) is 6.73. The molecule has 1 aliphatic rings. The molecule has 0 radical (unpaired) electrons. The van der Waals surface area contributed by atoms with E-state index in [0.29, 0.717) is 19.8 Å². The number of rotatable bonds is 4. The molecule has 0 aliphatic heterocycles. The van der Waals surface area contributed by atoms with Crippen molar-refractivity contribution in [2.24, 2.45) is 0 Å². The molecule has 2 nitrogen and oxygen atoms in total. The van der Waals surface area contributed by atoms with E-state index < -0.39 is 0 Å². The average Bonchev–Trinajstić information content (AvgIpc) is 2.78. The van der Waals surface area contributed by atoms with Crippen molar-refractivity contribution >= 4 is 25.4 Å². The maximum atomic E-state index is 11.5. The van der Waals surface area contributed by atoms with Gasteiger partial charge in [0.15, 0.2) is 0 Å². The van der Waals surface area contributed by atoms with E-state index in [1.165, 1.54) is 23.4 Å². The Bertz CT molecular complexity index is 414. The van der Waals surface area contributed by atoms with Gasteiger partial charge >= 0.3 is 115 Å². The molecule has 0 N–H and O–H groups in total. The first-order chi connectivity index (χ1) is 8.79. The number of hydrogen-bond donors (Lipinski definition) is 0. The molecule has 2 rings (SSSR count). The van der Waals surface area contributed by atoms with Crippen LogP contribution in [0.5, 0.6) is 0 Å². The standard InChI is InChI=1S/C15H18O2Se/c1-2-7-15(16)17-13-10-6-11-14(13)18-12-8-4-3-5-9-12/h2-5,7-9,13-14H,6,10-11H2,1H3/b7-2+/t13-,14-/m0/s1. The van der Waals surface area contributed by atoms with Crippen molar-refractivity contribution in [2.75, 3.05) is 0 Å². The van der Waals surface area contributed by atoms with Crippen LogP contribution in [-0.4, -0.2) is 27.0 Å². The number of benzene rings is 1. The third kappa shape index (κ3) is 3.72. The van der Waals surface area contributed by atoms with Gasteiger partial charge in [-0.3, -0.25) is 0 Å². The molecule has 0 amide bonds.